The van der Waals surface area contributed by atoms with Gasteiger partial charge in [-0.05, 0) is 61.9 Å². The van der Waals surface area contributed by atoms with Crippen LogP contribution in [0.3, 0.4) is 0 Å². The van der Waals surface area contributed by atoms with Crippen molar-refractivity contribution in [2.75, 3.05) is 12.4 Å². The highest BCUT2D eigenvalue weighted by Crippen LogP contribution is 2.29. The van der Waals surface area contributed by atoms with Gasteiger partial charge in [-0.1, -0.05) is 37.3 Å². The second-order valence-electron chi connectivity index (χ2n) is 8.11. The lowest BCUT2D eigenvalue weighted by atomic mass is 9.89. The van der Waals surface area contributed by atoms with E-state index >= 15 is 0 Å². The normalized spacial score (nSPS) is 13.6. The van der Waals surface area contributed by atoms with Crippen LogP contribution in [0, 0.1) is 0 Å². The molecule has 4 rings (SSSR count). The minimum atomic E-state index is -0.757. The number of aromatic nitrogens is 2. The van der Waals surface area contributed by atoms with Crippen LogP contribution in [0.1, 0.15) is 53.7 Å². The molecule has 33 heavy (non-hydrogen) atoms. The van der Waals surface area contributed by atoms with Gasteiger partial charge in [0, 0.05) is 16.8 Å². The molecule has 0 bridgehead atoms. The van der Waals surface area contributed by atoms with Crippen LogP contribution < -0.4 is 10.9 Å². The van der Waals surface area contributed by atoms with Crippen molar-refractivity contribution in [3.05, 3.63) is 81.6 Å². The number of anilines is 1. The van der Waals surface area contributed by atoms with Gasteiger partial charge >= 0.3 is 5.97 Å². The number of carbonyl (C=O) groups excluding carboxylic acids is 2. The number of carbonyl (C=O) groups is 2. The first-order chi connectivity index (χ1) is 16.0. The van der Waals surface area contributed by atoms with E-state index in [1.807, 2.05) is 37.3 Å². The molecule has 1 aromatic heterocycles. The summed E-state index contributed by atoms with van der Waals surface area (Å²) < 4.78 is 6.06. The SMILES string of the molecule is CCC(C(=O)Nc1ccc(C(=O)OC)cc1)n1nc(-c2ccccc2)c2c(c1=O)CCCC2. The molecule has 7 heteroatoms. The van der Waals surface area contributed by atoms with Crippen molar-refractivity contribution in [2.45, 2.75) is 45.1 Å². The third-order valence-corrected chi connectivity index (χ3v) is 6.03. The molecule has 1 aliphatic rings. The highest BCUT2D eigenvalue weighted by molar-refractivity contribution is 5.95. The van der Waals surface area contributed by atoms with E-state index in [0.717, 1.165) is 41.6 Å². The maximum Gasteiger partial charge on any atom is 0.337 e. The van der Waals surface area contributed by atoms with Gasteiger partial charge in [0.2, 0.25) is 5.91 Å². The minimum Gasteiger partial charge on any atom is -0.465 e. The Morgan fingerprint density at radius 2 is 1.70 bits per heavy atom. The predicted octanol–water partition coefficient (Wildman–Crippen LogP) is 4.17. The molecule has 0 spiro atoms. The molecule has 0 radical (unpaired) electrons. The van der Waals surface area contributed by atoms with Crippen LogP contribution in [0.15, 0.2) is 59.4 Å². The van der Waals surface area contributed by atoms with E-state index in [1.165, 1.54) is 11.8 Å². The maximum absolute atomic E-state index is 13.4. The number of hydrogen-bond acceptors (Lipinski definition) is 5. The third kappa shape index (κ3) is 4.58. The first kappa shape index (κ1) is 22.5. The van der Waals surface area contributed by atoms with Crippen LogP contribution in [0.25, 0.3) is 11.3 Å². The Morgan fingerprint density at radius 3 is 2.33 bits per heavy atom. The van der Waals surface area contributed by atoms with E-state index in [2.05, 4.69) is 5.32 Å². The van der Waals surface area contributed by atoms with E-state index in [1.54, 1.807) is 24.3 Å². The average molecular weight is 446 g/mol. The zero-order valence-electron chi connectivity index (χ0n) is 18.8. The van der Waals surface area contributed by atoms with Crippen molar-refractivity contribution in [3.8, 4) is 11.3 Å². The molecule has 1 amide bonds. The maximum atomic E-state index is 13.4. The van der Waals surface area contributed by atoms with E-state index in [4.69, 9.17) is 9.84 Å². The first-order valence-corrected chi connectivity index (χ1v) is 11.2. The molecule has 0 fully saturated rings. The molecule has 1 unspecified atom stereocenters. The van der Waals surface area contributed by atoms with Gasteiger partial charge in [-0.15, -0.1) is 0 Å². The summed E-state index contributed by atoms with van der Waals surface area (Å²) in [5.74, 6) is -0.773. The van der Waals surface area contributed by atoms with E-state index in [0.29, 0.717) is 24.1 Å². The Hall–Kier alpha value is -3.74. The molecule has 0 saturated heterocycles. The fourth-order valence-corrected chi connectivity index (χ4v) is 4.30. The molecule has 0 aliphatic heterocycles. The van der Waals surface area contributed by atoms with Gasteiger partial charge in [0.1, 0.15) is 6.04 Å². The molecule has 1 atom stereocenters. The molecular weight excluding hydrogens is 418 g/mol. The minimum absolute atomic E-state index is 0.188. The Bertz CT molecular complexity index is 1220. The highest BCUT2D eigenvalue weighted by Gasteiger charge is 2.27. The zero-order valence-corrected chi connectivity index (χ0v) is 18.8. The monoisotopic (exact) mass is 445 g/mol. The van der Waals surface area contributed by atoms with E-state index in [9.17, 15) is 14.4 Å². The standard InChI is InChI=1S/C26H27N3O4/c1-3-22(24(30)27-19-15-13-18(14-16-19)26(32)33-2)29-25(31)21-12-8-7-11-20(21)23(28-29)17-9-5-4-6-10-17/h4-6,9-10,13-16,22H,3,7-8,11-12H2,1-2H3,(H,27,30). The molecule has 2 aromatic carbocycles. The number of fused-ring (bicyclic) bond motifs is 1. The van der Waals surface area contributed by atoms with E-state index in [-0.39, 0.29) is 11.5 Å². The second-order valence-corrected chi connectivity index (χ2v) is 8.11. The summed E-state index contributed by atoms with van der Waals surface area (Å²) in [5, 5.41) is 7.57. The van der Waals surface area contributed by atoms with Crippen LogP contribution in [0.4, 0.5) is 5.69 Å². The zero-order chi connectivity index (χ0) is 23.4. The summed E-state index contributed by atoms with van der Waals surface area (Å²) in [5.41, 5.74) is 4.22. The summed E-state index contributed by atoms with van der Waals surface area (Å²) >= 11 is 0. The summed E-state index contributed by atoms with van der Waals surface area (Å²) in [6, 6.07) is 15.5. The summed E-state index contributed by atoms with van der Waals surface area (Å²) in [6.07, 6.45) is 3.90. The van der Waals surface area contributed by atoms with Crippen LogP contribution in [0.2, 0.25) is 0 Å². The summed E-state index contributed by atoms with van der Waals surface area (Å²) in [4.78, 5) is 38.2. The van der Waals surface area contributed by atoms with Crippen LogP contribution in [-0.4, -0.2) is 28.8 Å². The number of methoxy groups -OCH3 is 1. The van der Waals surface area contributed by atoms with Crippen LogP contribution >= 0.6 is 0 Å². The number of benzene rings is 2. The first-order valence-electron chi connectivity index (χ1n) is 11.2. The lowest BCUT2D eigenvalue weighted by molar-refractivity contribution is -0.119. The van der Waals surface area contributed by atoms with E-state index < -0.39 is 12.0 Å². The summed E-state index contributed by atoms with van der Waals surface area (Å²) in [7, 11) is 1.32. The predicted molar refractivity (Wildman–Crippen MR) is 126 cm³/mol. The molecule has 1 heterocycles. The summed E-state index contributed by atoms with van der Waals surface area (Å²) in [6.45, 7) is 1.86. The van der Waals surface area contributed by atoms with Gasteiger partial charge in [0.05, 0.1) is 18.4 Å². The van der Waals surface area contributed by atoms with Gasteiger partial charge < -0.3 is 10.1 Å². The molecule has 170 valence electrons. The van der Waals surface area contributed by atoms with Crippen LogP contribution in [-0.2, 0) is 22.4 Å². The molecule has 1 aliphatic carbocycles. The van der Waals surface area contributed by atoms with Gasteiger partial charge in [-0.3, -0.25) is 9.59 Å². The molecule has 7 nitrogen and oxygen atoms in total. The van der Waals surface area contributed by atoms with Crippen molar-refractivity contribution in [1.29, 1.82) is 0 Å². The topological polar surface area (TPSA) is 90.3 Å². The third-order valence-electron chi connectivity index (χ3n) is 6.03. The molecule has 3 aromatic rings. The van der Waals surface area contributed by atoms with Crippen molar-refractivity contribution in [3.63, 3.8) is 0 Å². The number of rotatable bonds is 6. The Balaban J connectivity index is 1.69. The van der Waals surface area contributed by atoms with Gasteiger partial charge in [-0.25, -0.2) is 9.48 Å². The Labute approximate surface area is 192 Å². The van der Waals surface area contributed by atoms with Crippen molar-refractivity contribution < 1.29 is 14.3 Å². The van der Waals surface area contributed by atoms with Crippen molar-refractivity contribution >= 4 is 17.6 Å². The number of amides is 1. The number of ether oxygens (including phenoxy) is 1. The van der Waals surface area contributed by atoms with Gasteiger partial charge in [0.15, 0.2) is 0 Å². The number of nitrogens with one attached hydrogen (secondary N) is 1. The number of nitrogens with zero attached hydrogens (tertiary/aromatic N) is 2. The average Bonchev–Trinajstić information content (AvgIpc) is 2.86. The number of hydrogen-bond donors (Lipinski definition) is 1. The lowest BCUT2D eigenvalue weighted by Gasteiger charge is -2.23. The Morgan fingerprint density at radius 1 is 1.03 bits per heavy atom. The van der Waals surface area contributed by atoms with Gasteiger partial charge in [0.25, 0.3) is 5.56 Å². The molecule has 1 N–H and O–H groups in total. The van der Waals surface area contributed by atoms with Crippen molar-refractivity contribution in [2.24, 2.45) is 0 Å². The molecular formula is C26H27N3O4. The van der Waals surface area contributed by atoms with Gasteiger partial charge in [-0.2, -0.15) is 5.10 Å². The van der Waals surface area contributed by atoms with Crippen molar-refractivity contribution in [1.82, 2.24) is 9.78 Å². The fourth-order valence-electron chi connectivity index (χ4n) is 4.30. The fraction of sp³-hybridized carbons (Fsp3) is 0.308. The lowest BCUT2D eigenvalue weighted by Crippen LogP contribution is -2.38. The quantitative estimate of drug-likeness (QED) is 0.575. The molecule has 0 saturated carbocycles. The Kier molecular flexibility index (Phi) is 6.68. The smallest absolute Gasteiger partial charge is 0.337 e. The van der Waals surface area contributed by atoms with Crippen LogP contribution in [0.5, 0.6) is 0 Å². The number of esters is 1. The largest absolute Gasteiger partial charge is 0.465 e. The highest BCUT2D eigenvalue weighted by atomic mass is 16.5. The second kappa shape index (κ2) is 9.81.